The lowest BCUT2D eigenvalue weighted by Gasteiger charge is -2.24. The van der Waals surface area contributed by atoms with E-state index in [0.29, 0.717) is 22.8 Å². The third-order valence-corrected chi connectivity index (χ3v) is 7.00. The van der Waals surface area contributed by atoms with Gasteiger partial charge in [0.1, 0.15) is 23.9 Å². The highest BCUT2D eigenvalue weighted by atomic mass is 35.5. The molecule has 2 aromatic heterocycles. The van der Waals surface area contributed by atoms with Crippen molar-refractivity contribution in [3.8, 4) is 0 Å². The molecule has 2 aliphatic heterocycles. The molecular formula is C23H19ClN4O4S. The zero-order chi connectivity index (χ0) is 23.2. The van der Waals surface area contributed by atoms with Crippen molar-refractivity contribution in [2.24, 2.45) is 5.10 Å². The van der Waals surface area contributed by atoms with Crippen LogP contribution in [0.25, 0.3) is 0 Å². The van der Waals surface area contributed by atoms with Gasteiger partial charge < -0.3 is 9.73 Å². The summed E-state index contributed by atoms with van der Waals surface area (Å²) < 4.78 is 5.54. The minimum atomic E-state index is -1.29. The van der Waals surface area contributed by atoms with Crippen molar-refractivity contribution in [2.75, 3.05) is 6.54 Å². The summed E-state index contributed by atoms with van der Waals surface area (Å²) in [5.41, 5.74) is 0.0365. The van der Waals surface area contributed by atoms with E-state index in [1.807, 2.05) is 17.5 Å². The fourth-order valence-electron chi connectivity index (χ4n) is 4.06. The van der Waals surface area contributed by atoms with Gasteiger partial charge in [0.25, 0.3) is 11.8 Å². The van der Waals surface area contributed by atoms with Gasteiger partial charge in [0.2, 0.25) is 0 Å². The van der Waals surface area contributed by atoms with E-state index in [1.54, 1.807) is 43.3 Å². The van der Waals surface area contributed by atoms with Crippen LogP contribution in [-0.2, 0) is 15.1 Å². The van der Waals surface area contributed by atoms with Crippen molar-refractivity contribution in [3.63, 3.8) is 0 Å². The van der Waals surface area contributed by atoms with E-state index in [9.17, 15) is 14.4 Å². The molecule has 0 aliphatic carbocycles. The van der Waals surface area contributed by atoms with Crippen LogP contribution in [0.15, 0.2) is 69.7 Å². The van der Waals surface area contributed by atoms with Crippen molar-refractivity contribution in [1.29, 1.82) is 0 Å². The molecule has 0 bridgehead atoms. The average Bonchev–Trinajstić information content (AvgIpc) is 3.58. The second-order valence-corrected chi connectivity index (χ2v) is 9.34. The largest absolute Gasteiger partial charge is 0.467 e. The van der Waals surface area contributed by atoms with Crippen LogP contribution in [0.1, 0.15) is 35.6 Å². The second kappa shape index (κ2) is 8.17. The van der Waals surface area contributed by atoms with Crippen LogP contribution in [0, 0.1) is 0 Å². The van der Waals surface area contributed by atoms with Gasteiger partial charge in [-0.25, -0.2) is 9.80 Å². The average molecular weight is 483 g/mol. The number of imide groups is 1. The number of nitrogens with zero attached hydrogens (tertiary/aromatic N) is 3. The Bertz CT molecular complexity index is 1240. The van der Waals surface area contributed by atoms with E-state index < -0.39 is 36.0 Å². The molecule has 1 fully saturated rings. The Balaban J connectivity index is 1.40. The van der Waals surface area contributed by atoms with Crippen molar-refractivity contribution < 1.29 is 18.8 Å². The normalized spacial score (nSPS) is 22.6. The molecule has 8 nitrogen and oxygen atoms in total. The highest BCUT2D eigenvalue weighted by Crippen LogP contribution is 2.35. The molecule has 0 saturated carbocycles. The standard InChI is InChI=1S/C23H19ClN4O4S/c1-23(14-6-8-15(24)9-7-14)21(30)27(22(31)25-23)13-20(29)28-17(18-4-2-10-32-18)12-16(26-28)19-5-3-11-33-19/h2-11,17H,12-13H2,1H3,(H,25,31). The number of hydrogen-bond acceptors (Lipinski definition) is 6. The summed E-state index contributed by atoms with van der Waals surface area (Å²) in [7, 11) is 0. The molecule has 4 amide bonds. The van der Waals surface area contributed by atoms with Crippen molar-refractivity contribution in [1.82, 2.24) is 15.2 Å². The lowest BCUT2D eigenvalue weighted by atomic mass is 9.92. The fraction of sp³-hybridized carbons (Fsp3) is 0.217. The summed E-state index contributed by atoms with van der Waals surface area (Å²) in [6.07, 6.45) is 2.01. The molecule has 0 radical (unpaired) electrons. The van der Waals surface area contributed by atoms with Gasteiger partial charge in [-0.2, -0.15) is 5.10 Å². The van der Waals surface area contributed by atoms with Crippen LogP contribution in [-0.4, -0.2) is 40.0 Å². The van der Waals surface area contributed by atoms with Gasteiger partial charge >= 0.3 is 6.03 Å². The number of amides is 4. The number of thiophene rings is 1. The Labute approximate surface area is 198 Å². The summed E-state index contributed by atoms with van der Waals surface area (Å²) in [5.74, 6) is -0.409. The molecule has 1 saturated heterocycles. The van der Waals surface area contributed by atoms with Gasteiger partial charge in [-0.3, -0.25) is 14.5 Å². The summed E-state index contributed by atoms with van der Waals surface area (Å²) in [6.45, 7) is 1.17. The summed E-state index contributed by atoms with van der Waals surface area (Å²) in [4.78, 5) is 41.1. The van der Waals surface area contributed by atoms with Crippen molar-refractivity contribution in [2.45, 2.75) is 24.9 Å². The minimum Gasteiger partial charge on any atom is -0.467 e. The van der Waals surface area contributed by atoms with Crippen LogP contribution >= 0.6 is 22.9 Å². The number of benzene rings is 1. The fourth-order valence-corrected chi connectivity index (χ4v) is 4.91. The molecule has 10 heteroatoms. The number of hydrazone groups is 1. The molecule has 2 atom stereocenters. The van der Waals surface area contributed by atoms with E-state index in [1.165, 1.54) is 22.6 Å². The number of furan rings is 1. The zero-order valence-corrected chi connectivity index (χ0v) is 19.1. The Morgan fingerprint density at radius 1 is 1.24 bits per heavy atom. The molecule has 3 aromatic rings. The van der Waals surface area contributed by atoms with Gasteiger partial charge in [0.05, 0.1) is 16.9 Å². The Kier molecular flexibility index (Phi) is 5.30. The van der Waals surface area contributed by atoms with E-state index in [-0.39, 0.29) is 0 Å². The quantitative estimate of drug-likeness (QED) is 0.553. The zero-order valence-electron chi connectivity index (χ0n) is 17.5. The van der Waals surface area contributed by atoms with Crippen LogP contribution in [0.5, 0.6) is 0 Å². The number of halogens is 1. The van der Waals surface area contributed by atoms with Crippen LogP contribution < -0.4 is 5.32 Å². The van der Waals surface area contributed by atoms with Gasteiger partial charge in [0, 0.05) is 11.4 Å². The van der Waals surface area contributed by atoms with Crippen LogP contribution in [0.3, 0.4) is 0 Å². The molecule has 1 N–H and O–H groups in total. The molecule has 1 aromatic carbocycles. The predicted molar refractivity (Wildman–Crippen MR) is 123 cm³/mol. The molecule has 33 heavy (non-hydrogen) atoms. The lowest BCUT2D eigenvalue weighted by Crippen LogP contribution is -2.43. The molecular weight excluding hydrogens is 464 g/mol. The highest BCUT2D eigenvalue weighted by molar-refractivity contribution is 7.12. The first-order valence-corrected chi connectivity index (χ1v) is 11.5. The van der Waals surface area contributed by atoms with E-state index in [2.05, 4.69) is 10.4 Å². The topological polar surface area (TPSA) is 95.2 Å². The van der Waals surface area contributed by atoms with E-state index in [0.717, 1.165) is 15.5 Å². The van der Waals surface area contributed by atoms with E-state index >= 15 is 0 Å². The molecule has 2 aliphatic rings. The second-order valence-electron chi connectivity index (χ2n) is 7.95. The lowest BCUT2D eigenvalue weighted by molar-refractivity contribution is -0.140. The maximum atomic E-state index is 13.3. The molecule has 0 spiro atoms. The molecule has 168 valence electrons. The number of urea groups is 1. The molecule has 5 rings (SSSR count). The first-order valence-electron chi connectivity index (χ1n) is 10.2. The molecule has 2 unspecified atom stereocenters. The molecule has 4 heterocycles. The first kappa shape index (κ1) is 21.4. The number of rotatable bonds is 5. The number of hydrogen-bond donors (Lipinski definition) is 1. The SMILES string of the molecule is CC1(c2ccc(Cl)cc2)NC(=O)N(CC(=O)N2N=C(c3cccs3)CC2c2ccco2)C1=O. The highest BCUT2D eigenvalue weighted by Gasteiger charge is 2.50. The van der Waals surface area contributed by atoms with Crippen molar-refractivity contribution in [3.05, 3.63) is 81.4 Å². The van der Waals surface area contributed by atoms with Gasteiger partial charge in [-0.15, -0.1) is 11.3 Å². The van der Waals surface area contributed by atoms with Crippen LogP contribution in [0.4, 0.5) is 4.79 Å². The maximum Gasteiger partial charge on any atom is 0.325 e. The Morgan fingerprint density at radius 2 is 2.03 bits per heavy atom. The number of nitrogens with one attached hydrogen (secondary N) is 1. The Hall–Kier alpha value is -3.43. The van der Waals surface area contributed by atoms with Gasteiger partial charge in [-0.1, -0.05) is 29.8 Å². The van der Waals surface area contributed by atoms with Crippen molar-refractivity contribution >= 4 is 46.5 Å². The smallest absolute Gasteiger partial charge is 0.325 e. The number of carbonyl (C=O) groups excluding carboxylic acids is 3. The van der Waals surface area contributed by atoms with Gasteiger partial charge in [0.15, 0.2) is 0 Å². The maximum absolute atomic E-state index is 13.3. The predicted octanol–water partition coefficient (Wildman–Crippen LogP) is 4.14. The van der Waals surface area contributed by atoms with E-state index in [4.69, 9.17) is 16.0 Å². The summed E-state index contributed by atoms with van der Waals surface area (Å²) in [6, 6.07) is 12.9. The third-order valence-electron chi connectivity index (χ3n) is 5.83. The number of carbonyl (C=O) groups is 3. The summed E-state index contributed by atoms with van der Waals surface area (Å²) >= 11 is 7.48. The summed E-state index contributed by atoms with van der Waals surface area (Å²) in [5, 5.41) is 11.0. The van der Waals surface area contributed by atoms with Gasteiger partial charge in [-0.05, 0) is 48.2 Å². The first-order chi connectivity index (χ1) is 15.9. The monoisotopic (exact) mass is 482 g/mol. The Morgan fingerprint density at radius 3 is 2.70 bits per heavy atom. The minimum absolute atomic E-state index is 0.438. The van der Waals surface area contributed by atoms with Crippen LogP contribution in [0.2, 0.25) is 5.02 Å². The third kappa shape index (κ3) is 3.73.